The van der Waals surface area contributed by atoms with Gasteiger partial charge in [-0.1, -0.05) is 29.8 Å². The van der Waals surface area contributed by atoms with Gasteiger partial charge in [0.05, 0.1) is 17.3 Å². The topological polar surface area (TPSA) is 30.7 Å². The smallest absolute Gasteiger partial charge is 0.101 e. The van der Waals surface area contributed by atoms with Crippen LogP contribution in [0.15, 0.2) is 24.4 Å². The SMILES string of the molecule is CCC(Cl)c1cn(-c2ccc(C)cc2C)nn1. The summed E-state index contributed by atoms with van der Waals surface area (Å²) in [4.78, 5) is 0. The van der Waals surface area contributed by atoms with E-state index in [0.29, 0.717) is 0 Å². The highest BCUT2D eigenvalue weighted by Gasteiger charge is 2.11. The fourth-order valence-electron chi connectivity index (χ4n) is 1.81. The van der Waals surface area contributed by atoms with Gasteiger partial charge in [0.25, 0.3) is 0 Å². The first kappa shape index (κ1) is 12.1. The molecule has 0 aliphatic heterocycles. The lowest BCUT2D eigenvalue weighted by molar-refractivity contribution is 0.782. The molecule has 0 aliphatic rings. The van der Waals surface area contributed by atoms with Crippen LogP contribution in [0.4, 0.5) is 0 Å². The van der Waals surface area contributed by atoms with Crippen LogP contribution in [0.2, 0.25) is 0 Å². The monoisotopic (exact) mass is 249 g/mol. The van der Waals surface area contributed by atoms with Crippen molar-refractivity contribution >= 4 is 11.6 Å². The Bertz CT molecular complexity index is 519. The van der Waals surface area contributed by atoms with Crippen LogP contribution >= 0.6 is 11.6 Å². The Hall–Kier alpha value is -1.35. The molecule has 1 aromatic carbocycles. The number of hydrogen-bond donors (Lipinski definition) is 0. The van der Waals surface area contributed by atoms with Gasteiger partial charge in [-0.05, 0) is 31.9 Å². The summed E-state index contributed by atoms with van der Waals surface area (Å²) < 4.78 is 1.79. The molecule has 0 bridgehead atoms. The molecule has 1 aromatic heterocycles. The van der Waals surface area contributed by atoms with Gasteiger partial charge in [0.1, 0.15) is 5.69 Å². The van der Waals surface area contributed by atoms with Crippen LogP contribution in [0.1, 0.15) is 35.5 Å². The summed E-state index contributed by atoms with van der Waals surface area (Å²) in [5.41, 5.74) is 4.31. The average Bonchev–Trinajstić information content (AvgIpc) is 2.77. The van der Waals surface area contributed by atoms with Crippen LogP contribution in [0, 0.1) is 13.8 Å². The molecular formula is C13H16ClN3. The molecule has 0 N–H and O–H groups in total. The first-order valence-corrected chi connectivity index (χ1v) is 6.19. The van der Waals surface area contributed by atoms with Gasteiger partial charge in [-0.2, -0.15) is 0 Å². The third-order valence-electron chi connectivity index (χ3n) is 2.79. The molecule has 1 heterocycles. The minimum atomic E-state index is -0.0606. The molecule has 0 saturated heterocycles. The zero-order valence-electron chi connectivity index (χ0n) is 10.3. The Kier molecular flexibility index (Phi) is 3.48. The number of hydrogen-bond acceptors (Lipinski definition) is 2. The summed E-state index contributed by atoms with van der Waals surface area (Å²) >= 11 is 6.14. The minimum Gasteiger partial charge on any atom is -0.220 e. The Labute approximate surface area is 106 Å². The summed E-state index contributed by atoms with van der Waals surface area (Å²) in [6, 6.07) is 6.26. The summed E-state index contributed by atoms with van der Waals surface area (Å²) in [5, 5.41) is 8.18. The van der Waals surface area contributed by atoms with E-state index in [9.17, 15) is 0 Å². The molecule has 90 valence electrons. The van der Waals surface area contributed by atoms with Crippen LogP contribution in [0.5, 0.6) is 0 Å². The van der Waals surface area contributed by atoms with E-state index in [4.69, 9.17) is 11.6 Å². The molecule has 0 radical (unpaired) electrons. The molecule has 3 nitrogen and oxygen atoms in total. The Morgan fingerprint density at radius 2 is 2.12 bits per heavy atom. The van der Waals surface area contributed by atoms with Gasteiger partial charge in [0, 0.05) is 0 Å². The molecule has 1 atom stereocenters. The first-order chi connectivity index (χ1) is 8.11. The van der Waals surface area contributed by atoms with Gasteiger partial charge in [0.15, 0.2) is 0 Å². The minimum absolute atomic E-state index is 0.0606. The second-order valence-corrected chi connectivity index (χ2v) is 4.78. The molecule has 2 rings (SSSR count). The average molecular weight is 250 g/mol. The summed E-state index contributed by atoms with van der Waals surface area (Å²) in [7, 11) is 0. The highest BCUT2D eigenvalue weighted by molar-refractivity contribution is 6.20. The van der Waals surface area contributed by atoms with Crippen LogP contribution < -0.4 is 0 Å². The van der Waals surface area contributed by atoms with E-state index in [0.717, 1.165) is 17.8 Å². The van der Waals surface area contributed by atoms with Crippen molar-refractivity contribution in [1.82, 2.24) is 15.0 Å². The third kappa shape index (κ3) is 2.50. The van der Waals surface area contributed by atoms with E-state index in [1.807, 2.05) is 13.1 Å². The van der Waals surface area contributed by atoms with E-state index in [1.165, 1.54) is 11.1 Å². The first-order valence-electron chi connectivity index (χ1n) is 5.75. The van der Waals surface area contributed by atoms with Crippen molar-refractivity contribution in [2.45, 2.75) is 32.6 Å². The van der Waals surface area contributed by atoms with Crippen molar-refractivity contribution in [1.29, 1.82) is 0 Å². The van der Waals surface area contributed by atoms with Crippen molar-refractivity contribution in [3.63, 3.8) is 0 Å². The number of alkyl halides is 1. The van der Waals surface area contributed by atoms with Crippen LogP contribution in [0.3, 0.4) is 0 Å². The molecule has 0 aliphatic carbocycles. The normalized spacial score (nSPS) is 12.7. The number of benzene rings is 1. The van der Waals surface area contributed by atoms with Crippen molar-refractivity contribution in [2.75, 3.05) is 0 Å². The van der Waals surface area contributed by atoms with E-state index >= 15 is 0 Å². The molecule has 4 heteroatoms. The maximum Gasteiger partial charge on any atom is 0.101 e. The number of halogens is 1. The largest absolute Gasteiger partial charge is 0.220 e. The molecule has 0 saturated carbocycles. The number of nitrogens with zero attached hydrogens (tertiary/aromatic N) is 3. The van der Waals surface area contributed by atoms with Gasteiger partial charge in [-0.15, -0.1) is 16.7 Å². The van der Waals surface area contributed by atoms with Gasteiger partial charge >= 0.3 is 0 Å². The lowest BCUT2D eigenvalue weighted by Crippen LogP contribution is -1.98. The highest BCUT2D eigenvalue weighted by atomic mass is 35.5. The fraction of sp³-hybridized carbons (Fsp3) is 0.385. The van der Waals surface area contributed by atoms with E-state index in [1.54, 1.807) is 4.68 Å². The zero-order valence-corrected chi connectivity index (χ0v) is 11.1. The van der Waals surface area contributed by atoms with Crippen LogP contribution in [0.25, 0.3) is 5.69 Å². The predicted octanol–water partition coefficient (Wildman–Crippen LogP) is 3.57. The quantitative estimate of drug-likeness (QED) is 0.779. The zero-order chi connectivity index (χ0) is 12.4. The molecule has 0 fully saturated rings. The fourth-order valence-corrected chi connectivity index (χ4v) is 1.91. The second kappa shape index (κ2) is 4.88. The third-order valence-corrected chi connectivity index (χ3v) is 3.32. The maximum absolute atomic E-state index is 6.14. The predicted molar refractivity (Wildman–Crippen MR) is 69.7 cm³/mol. The summed E-state index contributed by atoms with van der Waals surface area (Å²) in [6.45, 7) is 6.19. The summed E-state index contributed by atoms with van der Waals surface area (Å²) in [5.74, 6) is 0. The lowest BCUT2D eigenvalue weighted by Gasteiger charge is -2.05. The Morgan fingerprint density at radius 1 is 1.35 bits per heavy atom. The van der Waals surface area contributed by atoms with E-state index in [-0.39, 0.29) is 5.38 Å². The van der Waals surface area contributed by atoms with Crippen LogP contribution in [-0.2, 0) is 0 Å². The van der Waals surface area contributed by atoms with Gasteiger partial charge in [-0.3, -0.25) is 0 Å². The highest BCUT2D eigenvalue weighted by Crippen LogP contribution is 2.22. The molecule has 0 amide bonds. The van der Waals surface area contributed by atoms with Gasteiger partial charge < -0.3 is 0 Å². The number of rotatable bonds is 3. The van der Waals surface area contributed by atoms with Crippen molar-refractivity contribution in [3.8, 4) is 5.69 Å². The van der Waals surface area contributed by atoms with E-state index < -0.39 is 0 Å². The molecule has 2 aromatic rings. The second-order valence-electron chi connectivity index (χ2n) is 4.25. The van der Waals surface area contributed by atoms with Gasteiger partial charge in [0.2, 0.25) is 0 Å². The Balaban J connectivity index is 2.37. The van der Waals surface area contributed by atoms with Gasteiger partial charge in [-0.25, -0.2) is 4.68 Å². The standard InChI is InChI=1S/C13H16ClN3/c1-4-11(14)12-8-17(16-15-12)13-6-5-9(2)7-10(13)3/h5-8,11H,4H2,1-3H3. The molecule has 0 spiro atoms. The molecule has 1 unspecified atom stereocenters. The van der Waals surface area contributed by atoms with Crippen molar-refractivity contribution < 1.29 is 0 Å². The Morgan fingerprint density at radius 3 is 2.76 bits per heavy atom. The van der Waals surface area contributed by atoms with Crippen LogP contribution in [-0.4, -0.2) is 15.0 Å². The van der Waals surface area contributed by atoms with E-state index in [2.05, 4.69) is 42.4 Å². The number of aromatic nitrogens is 3. The van der Waals surface area contributed by atoms with Crippen molar-refractivity contribution in [3.05, 3.63) is 41.2 Å². The molecule has 17 heavy (non-hydrogen) atoms. The summed E-state index contributed by atoms with van der Waals surface area (Å²) in [6.07, 6.45) is 2.76. The molecular weight excluding hydrogens is 234 g/mol. The number of aryl methyl sites for hydroxylation is 2. The lowest BCUT2D eigenvalue weighted by atomic mass is 10.1. The van der Waals surface area contributed by atoms with Crippen molar-refractivity contribution in [2.24, 2.45) is 0 Å². The maximum atomic E-state index is 6.14.